The summed E-state index contributed by atoms with van der Waals surface area (Å²) in [6.45, 7) is 7.72. The molecular weight excluding hydrogens is 675 g/mol. The molecule has 0 saturated heterocycles. The Morgan fingerprint density at radius 3 is 1.78 bits per heavy atom. The molecule has 2 unspecified atom stereocenters. The van der Waals surface area contributed by atoms with Crippen molar-refractivity contribution in [1.29, 1.82) is 0 Å². The van der Waals surface area contributed by atoms with Gasteiger partial charge in [0, 0.05) is 34.6 Å². The first-order valence-corrected chi connectivity index (χ1v) is 17.5. The predicted molar refractivity (Wildman–Crippen MR) is 192 cm³/mol. The first-order chi connectivity index (χ1) is 23.1. The molecule has 2 atom stereocenters. The van der Waals surface area contributed by atoms with Gasteiger partial charge in [-0.1, -0.05) is 24.3 Å². The molecule has 49 heavy (non-hydrogen) atoms. The van der Waals surface area contributed by atoms with Gasteiger partial charge in [-0.25, -0.2) is 0 Å². The Hall–Kier alpha value is -3.66. The van der Waals surface area contributed by atoms with Crippen LogP contribution in [0, 0.1) is 27.7 Å². The number of imidazole rings is 1. The number of fused-ring (bicyclic) bond motifs is 2. The molecule has 2 aromatic carbocycles. The fraction of sp³-hybridized carbons (Fsp3) is 0.286. The second-order valence-corrected chi connectivity index (χ2v) is 13.7. The summed E-state index contributed by atoms with van der Waals surface area (Å²) in [5, 5.41) is 1.81. The summed E-state index contributed by atoms with van der Waals surface area (Å²) < 4.78 is 46.5. The Balaban J connectivity index is 0.000000216. The molecule has 252 valence electrons. The fourth-order valence-electron chi connectivity index (χ4n) is 5.24. The minimum atomic E-state index is -1.38. The first kappa shape index (κ1) is 38.1. The van der Waals surface area contributed by atoms with E-state index in [-0.39, 0.29) is 28.8 Å². The van der Waals surface area contributed by atoms with E-state index in [1.807, 2.05) is 52.0 Å². The van der Waals surface area contributed by atoms with Crippen LogP contribution in [-0.2, 0) is 33.9 Å². The minimum Gasteiger partial charge on any atom is -0.612 e. The van der Waals surface area contributed by atoms with E-state index in [1.165, 1.54) is 0 Å². The molecule has 11 nitrogen and oxygen atoms in total. The number of aryl methyl sites for hydroxylation is 2. The Morgan fingerprint density at radius 2 is 1.22 bits per heavy atom. The summed E-state index contributed by atoms with van der Waals surface area (Å²) in [6.07, 6.45) is 3.48. The van der Waals surface area contributed by atoms with Crippen LogP contribution in [0.25, 0.3) is 21.9 Å². The third-order valence-corrected chi connectivity index (χ3v) is 10.2. The maximum atomic E-state index is 12.7. The van der Waals surface area contributed by atoms with Crippen LogP contribution in [0.5, 0.6) is 23.0 Å². The van der Waals surface area contributed by atoms with Crippen LogP contribution in [-0.4, -0.2) is 80.5 Å². The van der Waals surface area contributed by atoms with Gasteiger partial charge in [-0.2, -0.15) is 11.5 Å². The molecule has 0 amide bonds. The molecule has 6 aromatic rings. The molecule has 6 rings (SSSR count). The number of hydrogen-bond acceptors (Lipinski definition) is 10. The molecule has 14 heteroatoms. The van der Waals surface area contributed by atoms with Crippen LogP contribution < -0.4 is 23.9 Å². The van der Waals surface area contributed by atoms with Gasteiger partial charge in [0.05, 0.1) is 45.6 Å². The number of rotatable bonds is 10. The van der Waals surface area contributed by atoms with Gasteiger partial charge in [0.2, 0.25) is 0 Å². The van der Waals surface area contributed by atoms with E-state index in [0.29, 0.717) is 32.7 Å². The Bertz CT molecular complexity index is 1910. The smallest absolute Gasteiger partial charge is 0.612 e. The zero-order valence-corrected chi connectivity index (χ0v) is 31.9. The Kier molecular flexibility index (Phi) is 13.1. The SMILES string of the molecule is COc1ccc2[cH-]c([S+]([O-])Cc3ncc(C)c(OC)c3C)nc2c1.COc1ccc2[n-]c([S+]([O-])Cc3ncc(C)c(OC)c3C)nc2c1.[Mg+2]. The predicted octanol–water partition coefficient (Wildman–Crippen LogP) is 5.44. The van der Waals surface area contributed by atoms with Gasteiger partial charge in [0.15, 0.2) is 16.5 Å². The van der Waals surface area contributed by atoms with Gasteiger partial charge in [0.25, 0.3) is 0 Å². The minimum absolute atomic E-state index is 0. The third-order valence-electron chi connectivity index (χ3n) is 7.83. The monoisotopic (exact) mass is 711 g/mol. The summed E-state index contributed by atoms with van der Waals surface area (Å²) in [6, 6.07) is 12.9. The van der Waals surface area contributed by atoms with Crippen molar-refractivity contribution in [3.63, 3.8) is 0 Å². The van der Waals surface area contributed by atoms with Crippen molar-refractivity contribution in [3.05, 3.63) is 88.5 Å². The molecule has 4 heterocycles. The normalized spacial score (nSPS) is 12.1. The first-order valence-electron chi connectivity index (χ1n) is 14.9. The standard InChI is InChI=1S/C18H19N2O3S.C17H18N3O3S.Mg/c1-11-9-19-16(12(2)18(11)23-4)10-24(21)17-7-13-5-6-14(22-3)8-15(13)20-17;1-10-8-18-15(11(2)16(10)23-4)9-24(21)17-19-13-6-5-12(22-3)7-14(13)20-17;/h5-9H,10H2,1-4H3;5-8H,9H2,1-4H3;/q2*-1;+2. The molecule has 0 fully saturated rings. The maximum absolute atomic E-state index is 12.7. The van der Waals surface area contributed by atoms with Crippen molar-refractivity contribution >= 4 is 67.3 Å². The number of methoxy groups -OCH3 is 4. The molecule has 0 aliphatic rings. The molecule has 0 saturated carbocycles. The van der Waals surface area contributed by atoms with Crippen LogP contribution in [0.15, 0.2) is 65.0 Å². The van der Waals surface area contributed by atoms with E-state index in [4.69, 9.17) is 18.9 Å². The van der Waals surface area contributed by atoms with E-state index in [9.17, 15) is 9.11 Å². The Morgan fingerprint density at radius 1 is 0.694 bits per heavy atom. The van der Waals surface area contributed by atoms with E-state index in [1.54, 1.807) is 59.0 Å². The maximum Gasteiger partial charge on any atom is 2.00 e. The third kappa shape index (κ3) is 8.56. The number of nitrogens with zero attached hydrogens (tertiary/aromatic N) is 5. The zero-order chi connectivity index (χ0) is 34.5. The largest absolute Gasteiger partial charge is 2.00 e. The van der Waals surface area contributed by atoms with Gasteiger partial charge in [0.1, 0.15) is 22.4 Å². The second kappa shape index (κ2) is 16.8. The van der Waals surface area contributed by atoms with E-state index in [2.05, 4.69) is 24.9 Å². The van der Waals surface area contributed by atoms with Gasteiger partial charge in [-0.15, -0.1) is 0 Å². The summed E-state index contributed by atoms with van der Waals surface area (Å²) in [4.78, 5) is 22.0. The number of hydrogen-bond donors (Lipinski definition) is 0. The van der Waals surface area contributed by atoms with Gasteiger partial charge >= 0.3 is 23.1 Å². The molecule has 0 N–H and O–H groups in total. The average molecular weight is 712 g/mol. The van der Waals surface area contributed by atoms with Crippen LogP contribution >= 0.6 is 0 Å². The van der Waals surface area contributed by atoms with Crippen molar-refractivity contribution < 1.29 is 28.1 Å². The number of aromatic nitrogens is 5. The van der Waals surface area contributed by atoms with Gasteiger partial charge in [-0.3, -0.25) is 15.0 Å². The summed E-state index contributed by atoms with van der Waals surface area (Å²) in [5.74, 6) is 3.55. The molecule has 4 aromatic heterocycles. The fourth-order valence-corrected chi connectivity index (χ4v) is 7.45. The summed E-state index contributed by atoms with van der Waals surface area (Å²) in [7, 11) is 6.46. The quantitative estimate of drug-likeness (QED) is 0.102. The molecule has 0 aliphatic carbocycles. The Labute approximate surface area is 308 Å². The van der Waals surface area contributed by atoms with Crippen molar-refractivity contribution in [2.45, 2.75) is 49.4 Å². The topological polar surface area (TPSA) is 149 Å². The van der Waals surface area contributed by atoms with Crippen molar-refractivity contribution in [3.8, 4) is 23.0 Å². The molecule has 0 bridgehead atoms. The van der Waals surface area contributed by atoms with Crippen LogP contribution in [0.1, 0.15) is 33.6 Å². The molecular formula is C35H37MgN5O6S2. The average Bonchev–Trinajstić information content (AvgIpc) is 3.72. The van der Waals surface area contributed by atoms with Gasteiger partial charge < -0.3 is 38.0 Å². The van der Waals surface area contributed by atoms with E-state index < -0.39 is 22.4 Å². The molecule has 0 radical (unpaired) electrons. The summed E-state index contributed by atoms with van der Waals surface area (Å²) in [5.41, 5.74) is 7.37. The molecule has 0 spiro atoms. The van der Waals surface area contributed by atoms with Crippen LogP contribution in [0.4, 0.5) is 0 Å². The van der Waals surface area contributed by atoms with Crippen molar-refractivity contribution in [2.24, 2.45) is 0 Å². The van der Waals surface area contributed by atoms with Crippen LogP contribution in [0.2, 0.25) is 0 Å². The zero-order valence-electron chi connectivity index (χ0n) is 28.8. The number of benzene rings is 2. The van der Waals surface area contributed by atoms with E-state index >= 15 is 0 Å². The second-order valence-electron chi connectivity index (χ2n) is 11.0. The van der Waals surface area contributed by atoms with Crippen molar-refractivity contribution in [1.82, 2.24) is 24.9 Å². The van der Waals surface area contributed by atoms with E-state index in [0.717, 1.165) is 61.8 Å². The summed E-state index contributed by atoms with van der Waals surface area (Å²) >= 11 is -2.66. The number of ether oxygens (including phenoxy) is 4. The van der Waals surface area contributed by atoms with Crippen molar-refractivity contribution in [2.75, 3.05) is 28.4 Å². The van der Waals surface area contributed by atoms with Gasteiger partial charge in [-0.05, 0) is 78.7 Å². The number of pyridine rings is 2. The molecule has 0 aliphatic heterocycles. The van der Waals surface area contributed by atoms with Crippen LogP contribution in [0.3, 0.4) is 0 Å².